The van der Waals surface area contributed by atoms with Crippen LogP contribution in [0.2, 0.25) is 0 Å². The maximum atomic E-state index is 11.9. The Morgan fingerprint density at radius 2 is 2.25 bits per heavy atom. The van der Waals surface area contributed by atoms with Crippen molar-refractivity contribution in [2.24, 2.45) is 4.99 Å². The van der Waals surface area contributed by atoms with E-state index in [1.165, 1.54) is 0 Å². The highest BCUT2D eigenvalue weighted by molar-refractivity contribution is 5.98. The minimum absolute atomic E-state index is 0.140. The van der Waals surface area contributed by atoms with Gasteiger partial charge in [-0.05, 0) is 32.0 Å². The maximum absolute atomic E-state index is 11.9. The number of carbonyl (C=O) groups is 1. The highest BCUT2D eigenvalue weighted by Crippen LogP contribution is 2.29. The highest BCUT2D eigenvalue weighted by Gasteiger charge is 2.36. The van der Waals surface area contributed by atoms with Crippen LogP contribution in [0, 0.1) is 11.3 Å². The lowest BCUT2D eigenvalue weighted by Gasteiger charge is -2.18. The number of aromatic nitrogens is 3. The monoisotopic (exact) mass is 373 g/mol. The number of hydrogen-bond acceptors (Lipinski definition) is 6. The van der Waals surface area contributed by atoms with Crippen LogP contribution in [0.5, 0.6) is 0 Å². The molecule has 1 aliphatic heterocycles. The van der Waals surface area contributed by atoms with Crippen LogP contribution in [0.1, 0.15) is 41.2 Å². The molecule has 4 heterocycles. The molecule has 0 saturated heterocycles. The lowest BCUT2D eigenvalue weighted by molar-refractivity contribution is 0.0936. The molecule has 0 bridgehead atoms. The van der Waals surface area contributed by atoms with E-state index in [0.717, 1.165) is 16.6 Å². The van der Waals surface area contributed by atoms with Crippen molar-refractivity contribution in [2.75, 3.05) is 18.4 Å². The zero-order valence-corrected chi connectivity index (χ0v) is 15.6. The van der Waals surface area contributed by atoms with Crippen LogP contribution in [0.3, 0.4) is 0 Å². The van der Waals surface area contributed by atoms with Gasteiger partial charge in [-0.3, -0.25) is 14.8 Å². The first-order chi connectivity index (χ1) is 13.5. The second kappa shape index (κ2) is 6.78. The Hall–Kier alpha value is -3.73. The molecule has 0 aliphatic carbocycles. The van der Waals surface area contributed by atoms with Gasteiger partial charge in [0.25, 0.3) is 5.91 Å². The van der Waals surface area contributed by atoms with Crippen LogP contribution in [-0.2, 0) is 5.54 Å². The summed E-state index contributed by atoms with van der Waals surface area (Å²) >= 11 is 0. The third-order valence-electron chi connectivity index (χ3n) is 4.69. The first-order valence-electron chi connectivity index (χ1n) is 8.92. The van der Waals surface area contributed by atoms with Crippen LogP contribution >= 0.6 is 0 Å². The standard InChI is InChI=1S/C20H19N7O/c1-20(2)15-9-13(12-25-17(15)19(28)26-20)11-22-5-6-23-18-16-4-3-14(10-21)27(16)8-7-24-18/h3-4,7-9,11-12H,5-6H2,1-2H3,(H,23,24)(H,26,28). The van der Waals surface area contributed by atoms with Crippen molar-refractivity contribution in [2.45, 2.75) is 19.4 Å². The van der Waals surface area contributed by atoms with Gasteiger partial charge in [0.05, 0.1) is 17.6 Å². The van der Waals surface area contributed by atoms with Crippen LogP contribution < -0.4 is 10.6 Å². The SMILES string of the molecule is CC1(C)NC(=O)c2ncc(C=NCCNc3nccn4c(C#N)ccc34)cc21. The number of hydrogen-bond donors (Lipinski definition) is 2. The van der Waals surface area contributed by atoms with Crippen LogP contribution in [0.25, 0.3) is 5.52 Å². The number of anilines is 1. The van der Waals surface area contributed by atoms with Gasteiger partial charge in [0, 0.05) is 42.5 Å². The molecule has 0 aromatic carbocycles. The zero-order valence-electron chi connectivity index (χ0n) is 15.6. The number of pyridine rings is 1. The quantitative estimate of drug-likeness (QED) is 0.526. The normalized spacial score (nSPS) is 14.8. The fourth-order valence-corrected chi connectivity index (χ4v) is 3.30. The molecule has 0 atom stereocenters. The first-order valence-corrected chi connectivity index (χ1v) is 8.92. The smallest absolute Gasteiger partial charge is 0.270 e. The molecule has 4 rings (SSSR count). The molecule has 0 spiro atoms. The summed E-state index contributed by atoms with van der Waals surface area (Å²) in [5.74, 6) is 0.573. The van der Waals surface area contributed by atoms with E-state index in [1.807, 2.05) is 26.0 Å². The third kappa shape index (κ3) is 3.07. The second-order valence-corrected chi connectivity index (χ2v) is 7.07. The summed E-state index contributed by atoms with van der Waals surface area (Å²) in [6, 6.07) is 7.73. The molecule has 1 aliphatic rings. The van der Waals surface area contributed by atoms with E-state index < -0.39 is 5.54 Å². The van der Waals surface area contributed by atoms with E-state index in [9.17, 15) is 4.79 Å². The molecule has 0 fully saturated rings. The van der Waals surface area contributed by atoms with Crippen molar-refractivity contribution < 1.29 is 4.79 Å². The van der Waals surface area contributed by atoms with Crippen LogP contribution in [0.15, 0.2) is 41.8 Å². The zero-order chi connectivity index (χ0) is 19.7. The van der Waals surface area contributed by atoms with Gasteiger partial charge < -0.3 is 15.0 Å². The van der Waals surface area contributed by atoms with Crippen molar-refractivity contribution in [3.8, 4) is 6.07 Å². The average molecular weight is 373 g/mol. The topological polar surface area (TPSA) is 107 Å². The molecule has 3 aromatic heterocycles. The van der Waals surface area contributed by atoms with E-state index >= 15 is 0 Å². The number of carbonyl (C=O) groups excluding carboxylic acids is 1. The van der Waals surface area contributed by atoms with Gasteiger partial charge in [-0.2, -0.15) is 5.26 Å². The third-order valence-corrected chi connectivity index (χ3v) is 4.69. The molecule has 28 heavy (non-hydrogen) atoms. The van der Waals surface area contributed by atoms with Gasteiger partial charge in [0.15, 0.2) is 0 Å². The highest BCUT2D eigenvalue weighted by atomic mass is 16.2. The van der Waals surface area contributed by atoms with Gasteiger partial charge in [0.2, 0.25) is 0 Å². The fourth-order valence-electron chi connectivity index (χ4n) is 3.30. The van der Waals surface area contributed by atoms with E-state index in [0.29, 0.717) is 30.3 Å². The van der Waals surface area contributed by atoms with Crippen molar-refractivity contribution >= 4 is 23.5 Å². The van der Waals surface area contributed by atoms with Gasteiger partial charge in [0.1, 0.15) is 23.3 Å². The number of nitrogens with one attached hydrogen (secondary N) is 2. The Balaban J connectivity index is 1.40. The Bertz CT molecular complexity index is 1140. The molecule has 0 unspecified atom stereocenters. The molecule has 1 amide bonds. The number of fused-ring (bicyclic) bond motifs is 2. The number of nitriles is 1. The molecule has 2 N–H and O–H groups in total. The largest absolute Gasteiger partial charge is 0.366 e. The van der Waals surface area contributed by atoms with Gasteiger partial charge in [-0.15, -0.1) is 0 Å². The fraction of sp³-hybridized carbons (Fsp3) is 0.250. The van der Waals surface area contributed by atoms with Crippen LogP contribution in [-0.4, -0.2) is 39.6 Å². The van der Waals surface area contributed by atoms with E-state index in [4.69, 9.17) is 5.26 Å². The Labute approximate surface area is 162 Å². The number of aliphatic imine (C=N–C) groups is 1. The number of nitrogens with zero attached hydrogens (tertiary/aromatic N) is 5. The average Bonchev–Trinajstić information content (AvgIpc) is 3.20. The number of amides is 1. The van der Waals surface area contributed by atoms with E-state index in [2.05, 4.69) is 31.7 Å². The summed E-state index contributed by atoms with van der Waals surface area (Å²) in [7, 11) is 0. The molecule has 8 nitrogen and oxygen atoms in total. The van der Waals surface area contributed by atoms with E-state index in [1.54, 1.807) is 35.3 Å². The molecular weight excluding hydrogens is 354 g/mol. The van der Waals surface area contributed by atoms with E-state index in [-0.39, 0.29) is 5.91 Å². The van der Waals surface area contributed by atoms with Gasteiger partial charge >= 0.3 is 0 Å². The minimum Gasteiger partial charge on any atom is -0.366 e. The predicted octanol–water partition coefficient (Wildman–Crippen LogP) is 2.11. The van der Waals surface area contributed by atoms with Crippen molar-refractivity contribution in [3.63, 3.8) is 0 Å². The second-order valence-electron chi connectivity index (χ2n) is 7.07. The molecule has 8 heteroatoms. The van der Waals surface area contributed by atoms with Crippen molar-refractivity contribution in [1.29, 1.82) is 5.26 Å². The summed E-state index contributed by atoms with van der Waals surface area (Å²) < 4.78 is 1.80. The predicted molar refractivity (Wildman–Crippen MR) is 106 cm³/mol. The Morgan fingerprint density at radius 1 is 1.39 bits per heavy atom. The molecule has 140 valence electrons. The Kier molecular flexibility index (Phi) is 4.28. The van der Waals surface area contributed by atoms with Gasteiger partial charge in [-0.25, -0.2) is 4.98 Å². The summed E-state index contributed by atoms with van der Waals surface area (Å²) in [6.45, 7) is 5.05. The molecule has 0 saturated carbocycles. The lowest BCUT2D eigenvalue weighted by Crippen LogP contribution is -2.32. The van der Waals surface area contributed by atoms with Crippen molar-refractivity contribution in [1.82, 2.24) is 19.7 Å². The molecule has 0 radical (unpaired) electrons. The number of rotatable bonds is 5. The van der Waals surface area contributed by atoms with Crippen molar-refractivity contribution in [3.05, 3.63) is 59.3 Å². The maximum Gasteiger partial charge on any atom is 0.270 e. The minimum atomic E-state index is -0.422. The molecular formula is C20H19N7O. The molecule has 3 aromatic rings. The summed E-state index contributed by atoms with van der Waals surface area (Å²) in [4.78, 5) is 24.9. The summed E-state index contributed by atoms with van der Waals surface area (Å²) in [5.41, 5.74) is 3.22. The summed E-state index contributed by atoms with van der Waals surface area (Å²) in [5, 5.41) is 15.3. The lowest BCUT2D eigenvalue weighted by atomic mass is 9.96. The first kappa shape index (κ1) is 17.7. The van der Waals surface area contributed by atoms with Gasteiger partial charge in [-0.1, -0.05) is 0 Å². The summed E-state index contributed by atoms with van der Waals surface area (Å²) in [6.07, 6.45) is 6.84. The Morgan fingerprint density at radius 3 is 3.07 bits per heavy atom. The van der Waals surface area contributed by atoms with Crippen LogP contribution in [0.4, 0.5) is 5.82 Å².